The molecule has 0 aliphatic rings. The Morgan fingerprint density at radius 2 is 1.79 bits per heavy atom. The zero-order valence-electron chi connectivity index (χ0n) is 13.9. The van der Waals surface area contributed by atoms with Gasteiger partial charge in [-0.15, -0.1) is 0 Å². The summed E-state index contributed by atoms with van der Waals surface area (Å²) in [6.45, 7) is 1.27. The lowest BCUT2D eigenvalue weighted by Gasteiger charge is -2.14. The van der Waals surface area contributed by atoms with Crippen LogP contribution in [-0.2, 0) is 30.9 Å². The number of benzene rings is 1. The lowest BCUT2D eigenvalue weighted by atomic mass is 9.91. The second-order valence-electron chi connectivity index (χ2n) is 5.26. The van der Waals surface area contributed by atoms with Crippen molar-refractivity contribution >= 4 is 27.5 Å². The quantitative estimate of drug-likeness (QED) is 0.544. The highest BCUT2D eigenvalue weighted by atomic mass is 32.2. The number of carbonyl (C=O) groups excluding carboxylic acids is 1. The summed E-state index contributed by atoms with van der Waals surface area (Å²) in [6.07, 6.45) is 0.0755. The third kappa shape index (κ3) is 4.62. The van der Waals surface area contributed by atoms with E-state index in [9.17, 15) is 18.0 Å². The maximum Gasteiger partial charge on any atom is 0.354 e. The summed E-state index contributed by atoms with van der Waals surface area (Å²) >= 11 is 0. The number of sulfonamides is 1. The van der Waals surface area contributed by atoms with Crippen LogP contribution in [0.25, 0.3) is 0 Å². The van der Waals surface area contributed by atoms with E-state index in [1.165, 1.54) is 40.3 Å². The molecule has 132 valence electrons. The minimum absolute atomic E-state index is 0.0755. The molecule has 1 rings (SSSR count). The number of ketones is 1. The molecule has 1 N–H and O–H groups in total. The molecular formula is C15H20N2O6S. The summed E-state index contributed by atoms with van der Waals surface area (Å²) in [4.78, 5) is 27.6. The van der Waals surface area contributed by atoms with Gasteiger partial charge in [-0.3, -0.25) is 4.79 Å². The molecule has 0 aliphatic carbocycles. The van der Waals surface area contributed by atoms with Gasteiger partial charge in [0.25, 0.3) is 0 Å². The van der Waals surface area contributed by atoms with Gasteiger partial charge in [-0.25, -0.2) is 17.5 Å². The van der Waals surface area contributed by atoms with Crippen LogP contribution in [0.5, 0.6) is 0 Å². The van der Waals surface area contributed by atoms with Crippen molar-refractivity contribution in [3.05, 3.63) is 29.8 Å². The zero-order chi connectivity index (χ0) is 18.5. The Morgan fingerprint density at radius 1 is 1.25 bits per heavy atom. The largest absolute Gasteiger partial charge is 0.477 e. The topological polar surface area (TPSA) is 113 Å². The Kier molecular flexibility index (Phi) is 6.61. The number of aliphatic carboxylic acids is 1. The Morgan fingerprint density at radius 3 is 2.17 bits per heavy atom. The summed E-state index contributed by atoms with van der Waals surface area (Å²) in [5.74, 6) is -2.71. The highest BCUT2D eigenvalue weighted by molar-refractivity contribution is 7.89. The number of hydrogen-bond donors (Lipinski definition) is 1. The van der Waals surface area contributed by atoms with E-state index in [1.807, 2.05) is 0 Å². The number of nitrogens with zero attached hydrogens (tertiary/aromatic N) is 2. The third-order valence-corrected chi connectivity index (χ3v) is 5.20. The average molecular weight is 356 g/mol. The van der Waals surface area contributed by atoms with Crippen LogP contribution in [0.3, 0.4) is 0 Å². The normalized spacial score (nSPS) is 13.6. The smallest absolute Gasteiger partial charge is 0.354 e. The van der Waals surface area contributed by atoms with E-state index in [1.54, 1.807) is 12.1 Å². The molecule has 0 bridgehead atoms. The molecule has 0 radical (unpaired) electrons. The number of oxime groups is 1. The Bertz CT molecular complexity index is 738. The van der Waals surface area contributed by atoms with Gasteiger partial charge in [0.2, 0.25) is 10.0 Å². The molecule has 0 spiro atoms. The number of carboxylic acids is 1. The molecule has 1 unspecified atom stereocenters. The maximum atomic E-state index is 12.0. The van der Waals surface area contributed by atoms with Crippen LogP contribution in [0.15, 0.2) is 34.3 Å². The molecule has 24 heavy (non-hydrogen) atoms. The van der Waals surface area contributed by atoms with Gasteiger partial charge >= 0.3 is 5.97 Å². The van der Waals surface area contributed by atoms with Crippen molar-refractivity contribution in [2.75, 3.05) is 21.2 Å². The van der Waals surface area contributed by atoms with Gasteiger partial charge in [-0.1, -0.05) is 17.3 Å². The first-order chi connectivity index (χ1) is 11.1. The van der Waals surface area contributed by atoms with Crippen LogP contribution in [-0.4, -0.2) is 56.5 Å². The van der Waals surface area contributed by atoms with E-state index >= 15 is 0 Å². The third-order valence-electron chi connectivity index (χ3n) is 3.37. The van der Waals surface area contributed by atoms with E-state index in [-0.39, 0.29) is 17.1 Å². The van der Waals surface area contributed by atoms with E-state index in [2.05, 4.69) is 9.99 Å². The van der Waals surface area contributed by atoms with Gasteiger partial charge in [0.1, 0.15) is 12.9 Å². The van der Waals surface area contributed by atoms with Crippen LogP contribution in [0.2, 0.25) is 0 Å². The minimum atomic E-state index is -3.55. The molecule has 1 aromatic rings. The van der Waals surface area contributed by atoms with Crippen LogP contribution >= 0.6 is 0 Å². The van der Waals surface area contributed by atoms with Crippen molar-refractivity contribution in [2.24, 2.45) is 11.1 Å². The summed E-state index contributed by atoms with van der Waals surface area (Å²) in [7, 11) is 0.499. The zero-order valence-corrected chi connectivity index (χ0v) is 14.7. The molecule has 0 saturated heterocycles. The van der Waals surface area contributed by atoms with Gasteiger partial charge in [0.05, 0.1) is 10.8 Å². The average Bonchev–Trinajstić information content (AvgIpc) is 2.50. The second-order valence-corrected chi connectivity index (χ2v) is 7.41. The van der Waals surface area contributed by atoms with Crippen LogP contribution in [0.4, 0.5) is 0 Å². The van der Waals surface area contributed by atoms with Gasteiger partial charge in [0.15, 0.2) is 5.71 Å². The fourth-order valence-electron chi connectivity index (χ4n) is 2.03. The number of carbonyl (C=O) groups is 2. The molecule has 0 heterocycles. The van der Waals surface area contributed by atoms with Gasteiger partial charge in [-0.05, 0) is 31.0 Å². The minimum Gasteiger partial charge on any atom is -0.477 e. The molecule has 0 amide bonds. The molecule has 0 aromatic heterocycles. The fraction of sp³-hybridized carbons (Fsp3) is 0.400. The van der Waals surface area contributed by atoms with Crippen molar-refractivity contribution in [1.82, 2.24) is 4.31 Å². The summed E-state index contributed by atoms with van der Waals surface area (Å²) in [6, 6.07) is 5.91. The highest BCUT2D eigenvalue weighted by Gasteiger charge is 2.28. The standard InChI is InChI=1S/C15H20N2O6S/c1-10(18)13(14(15(19)20)16-23-4)9-11-5-7-12(8-6-11)24(21,22)17(2)3/h5-8,13H,9H2,1-4H3,(H,19,20)/b16-14-. The Balaban J connectivity index is 3.12. The SMILES string of the molecule is CO/N=C(\C(=O)O)C(Cc1ccc(S(=O)(=O)N(C)C)cc1)C(C)=O. The first kappa shape index (κ1) is 19.8. The van der Waals surface area contributed by atoms with Gasteiger partial charge in [0, 0.05) is 14.1 Å². The second kappa shape index (κ2) is 8.02. The number of Topliss-reactive ketones (excluding diaryl/α,β-unsaturated/α-hetero) is 1. The summed E-state index contributed by atoms with van der Waals surface area (Å²) < 4.78 is 25.1. The predicted octanol–water partition coefficient (Wildman–Crippen LogP) is 0.772. The lowest BCUT2D eigenvalue weighted by molar-refractivity contribution is -0.131. The highest BCUT2D eigenvalue weighted by Crippen LogP contribution is 2.17. The van der Waals surface area contributed by atoms with Crippen molar-refractivity contribution in [1.29, 1.82) is 0 Å². The van der Waals surface area contributed by atoms with Crippen LogP contribution < -0.4 is 0 Å². The van der Waals surface area contributed by atoms with Crippen molar-refractivity contribution in [2.45, 2.75) is 18.2 Å². The first-order valence-electron chi connectivity index (χ1n) is 6.97. The number of carboxylic acid groups (broad SMARTS) is 1. The van der Waals surface area contributed by atoms with Gasteiger partial charge < -0.3 is 9.94 Å². The van der Waals surface area contributed by atoms with Crippen molar-refractivity contribution in [3.63, 3.8) is 0 Å². The number of hydrogen-bond acceptors (Lipinski definition) is 6. The summed E-state index contributed by atoms with van der Waals surface area (Å²) in [5, 5.41) is 12.6. The molecule has 0 aliphatic heterocycles. The molecule has 8 nitrogen and oxygen atoms in total. The van der Waals surface area contributed by atoms with E-state index in [4.69, 9.17) is 5.11 Å². The van der Waals surface area contributed by atoms with Crippen LogP contribution in [0, 0.1) is 5.92 Å². The van der Waals surface area contributed by atoms with Crippen molar-refractivity contribution in [3.8, 4) is 0 Å². The molecule has 0 saturated carbocycles. The summed E-state index contributed by atoms with van der Waals surface area (Å²) in [5.41, 5.74) is 0.216. The Hall–Kier alpha value is -2.26. The monoisotopic (exact) mass is 356 g/mol. The fourth-order valence-corrected chi connectivity index (χ4v) is 2.93. The van der Waals surface area contributed by atoms with Crippen molar-refractivity contribution < 1.29 is 28.0 Å². The molecular weight excluding hydrogens is 336 g/mol. The maximum absolute atomic E-state index is 12.0. The lowest BCUT2D eigenvalue weighted by Crippen LogP contribution is -2.31. The number of rotatable bonds is 8. The van der Waals surface area contributed by atoms with E-state index < -0.39 is 27.6 Å². The van der Waals surface area contributed by atoms with E-state index in [0.29, 0.717) is 5.56 Å². The molecule has 0 fully saturated rings. The predicted molar refractivity (Wildman–Crippen MR) is 87.3 cm³/mol. The first-order valence-corrected chi connectivity index (χ1v) is 8.41. The Labute approximate surface area is 140 Å². The van der Waals surface area contributed by atoms with E-state index in [0.717, 1.165) is 4.31 Å². The van der Waals surface area contributed by atoms with Gasteiger partial charge in [-0.2, -0.15) is 0 Å². The molecule has 9 heteroatoms. The van der Waals surface area contributed by atoms with Crippen LogP contribution in [0.1, 0.15) is 12.5 Å². The molecule has 1 aromatic carbocycles. The molecule has 1 atom stereocenters.